The van der Waals surface area contributed by atoms with Crippen LogP contribution in [0.5, 0.6) is 11.5 Å². The van der Waals surface area contributed by atoms with Gasteiger partial charge in [-0.25, -0.2) is 0 Å². The van der Waals surface area contributed by atoms with Gasteiger partial charge in [0.2, 0.25) is 6.10 Å². The number of hydrogen-bond donors (Lipinski definition) is 3. The van der Waals surface area contributed by atoms with E-state index < -0.39 is 6.10 Å². The molecule has 8 nitrogen and oxygen atoms in total. The van der Waals surface area contributed by atoms with Crippen molar-refractivity contribution in [2.24, 2.45) is 5.92 Å². The Balaban J connectivity index is 0.000000591. The highest BCUT2D eigenvalue weighted by Crippen LogP contribution is 2.33. The smallest absolute Gasteiger partial charge is 0.265 e. The van der Waals surface area contributed by atoms with Crippen molar-refractivity contribution in [3.05, 3.63) is 59.7 Å². The van der Waals surface area contributed by atoms with Gasteiger partial charge in [-0.1, -0.05) is 37.3 Å². The maximum atomic E-state index is 12.5. The van der Waals surface area contributed by atoms with E-state index in [9.17, 15) is 9.59 Å². The molecule has 2 aromatic rings. The molecule has 204 valence electrons. The first-order valence-electron chi connectivity index (χ1n) is 13.1. The van der Waals surface area contributed by atoms with Crippen molar-refractivity contribution >= 4 is 11.8 Å². The van der Waals surface area contributed by atoms with Crippen molar-refractivity contribution in [1.29, 1.82) is 0 Å². The zero-order valence-electron chi connectivity index (χ0n) is 22.8. The SMILES string of the molecule is CNC(=O)C(Oc1ccc(C(=O)NC(C)C)cc1OCCCOC)c1ccccc1.C[C@@H]1CCCNC1. The molecule has 2 atom stereocenters. The topological polar surface area (TPSA) is 97.9 Å². The highest BCUT2D eigenvalue weighted by Gasteiger charge is 2.24. The highest BCUT2D eigenvalue weighted by molar-refractivity contribution is 5.95. The van der Waals surface area contributed by atoms with Crippen molar-refractivity contribution in [2.45, 2.75) is 52.2 Å². The standard InChI is InChI=1S/C23H30N2O5.C6H13N/c1-16(2)25-22(26)18-11-12-19(20(15-18)29-14-8-13-28-4)30-21(23(27)24-3)17-9-6-5-7-10-17;1-6-3-2-4-7-5-6/h5-7,9-12,15-16,21H,8,13-14H2,1-4H3,(H,24,27)(H,25,26);6-7H,2-5H2,1H3/t;6-/m.1/s1. The summed E-state index contributed by atoms with van der Waals surface area (Å²) in [5.41, 5.74) is 1.16. The van der Waals surface area contributed by atoms with Crippen molar-refractivity contribution < 1.29 is 23.8 Å². The lowest BCUT2D eigenvalue weighted by molar-refractivity contribution is -0.127. The average Bonchev–Trinajstić information content (AvgIpc) is 2.90. The fourth-order valence-corrected chi connectivity index (χ4v) is 3.78. The Hall–Kier alpha value is -3.10. The number of ether oxygens (including phenoxy) is 3. The largest absolute Gasteiger partial charge is 0.490 e. The second-order valence-electron chi connectivity index (χ2n) is 9.46. The van der Waals surface area contributed by atoms with Crippen LogP contribution in [0.3, 0.4) is 0 Å². The molecule has 0 saturated carbocycles. The molecular formula is C29H43N3O5. The average molecular weight is 514 g/mol. The van der Waals surface area contributed by atoms with Crippen molar-refractivity contribution in [3.8, 4) is 11.5 Å². The first kappa shape index (κ1) is 30.1. The van der Waals surface area contributed by atoms with Crippen molar-refractivity contribution in [3.63, 3.8) is 0 Å². The van der Waals surface area contributed by atoms with E-state index in [0.29, 0.717) is 42.3 Å². The number of likely N-dealkylation sites (N-methyl/N-ethyl adjacent to an activating group) is 1. The van der Waals surface area contributed by atoms with Gasteiger partial charge in [0, 0.05) is 44.4 Å². The van der Waals surface area contributed by atoms with Gasteiger partial charge in [0.1, 0.15) is 0 Å². The Morgan fingerprint density at radius 3 is 2.41 bits per heavy atom. The quantitative estimate of drug-likeness (QED) is 0.391. The van der Waals surface area contributed by atoms with Crippen molar-refractivity contribution in [1.82, 2.24) is 16.0 Å². The fraction of sp³-hybridized carbons (Fsp3) is 0.517. The number of rotatable bonds is 11. The molecule has 1 aliphatic heterocycles. The molecule has 1 saturated heterocycles. The molecule has 0 radical (unpaired) electrons. The van der Waals surface area contributed by atoms with E-state index in [1.165, 1.54) is 25.9 Å². The van der Waals surface area contributed by atoms with Crippen LogP contribution in [0.1, 0.15) is 62.1 Å². The van der Waals surface area contributed by atoms with E-state index >= 15 is 0 Å². The summed E-state index contributed by atoms with van der Waals surface area (Å²) in [5, 5.41) is 8.82. The van der Waals surface area contributed by atoms with Crippen LogP contribution >= 0.6 is 0 Å². The second-order valence-corrected chi connectivity index (χ2v) is 9.46. The number of nitrogens with one attached hydrogen (secondary N) is 3. The molecule has 1 unspecified atom stereocenters. The summed E-state index contributed by atoms with van der Waals surface area (Å²) >= 11 is 0. The van der Waals surface area contributed by atoms with Crippen LogP contribution in [0.4, 0.5) is 0 Å². The Morgan fingerprint density at radius 1 is 1.08 bits per heavy atom. The van der Waals surface area contributed by atoms with Gasteiger partial charge in [0.05, 0.1) is 6.61 Å². The van der Waals surface area contributed by atoms with Crippen LogP contribution in [0.25, 0.3) is 0 Å². The number of hydrogen-bond acceptors (Lipinski definition) is 6. The third kappa shape index (κ3) is 10.8. The predicted octanol–water partition coefficient (Wildman–Crippen LogP) is 4.11. The number of methoxy groups -OCH3 is 1. The first-order chi connectivity index (χ1) is 17.8. The lowest BCUT2D eigenvalue weighted by atomic mass is 10.0. The van der Waals surface area contributed by atoms with E-state index in [-0.39, 0.29) is 17.9 Å². The third-order valence-electron chi connectivity index (χ3n) is 5.75. The fourth-order valence-electron chi connectivity index (χ4n) is 3.78. The van der Waals surface area contributed by atoms with Crippen LogP contribution in [-0.2, 0) is 9.53 Å². The maximum Gasteiger partial charge on any atom is 0.265 e. The molecule has 1 heterocycles. The molecule has 0 aromatic heterocycles. The zero-order chi connectivity index (χ0) is 27.0. The molecule has 1 aliphatic rings. The van der Waals surface area contributed by atoms with Gasteiger partial charge < -0.3 is 30.2 Å². The minimum atomic E-state index is -0.854. The Morgan fingerprint density at radius 2 is 1.84 bits per heavy atom. The molecule has 0 bridgehead atoms. The summed E-state index contributed by atoms with van der Waals surface area (Å²) in [7, 11) is 3.18. The molecule has 0 aliphatic carbocycles. The van der Waals surface area contributed by atoms with Crippen molar-refractivity contribution in [2.75, 3.05) is 40.5 Å². The van der Waals surface area contributed by atoms with Crippen LogP contribution in [0, 0.1) is 5.92 Å². The lowest BCUT2D eigenvalue weighted by Gasteiger charge is -2.21. The van der Waals surface area contributed by atoms with Gasteiger partial charge in [-0.15, -0.1) is 0 Å². The van der Waals surface area contributed by atoms with Crippen LogP contribution in [0.15, 0.2) is 48.5 Å². The van der Waals surface area contributed by atoms with E-state index in [0.717, 1.165) is 5.92 Å². The first-order valence-corrected chi connectivity index (χ1v) is 13.1. The minimum Gasteiger partial charge on any atom is -0.490 e. The van der Waals surface area contributed by atoms with Gasteiger partial charge in [-0.3, -0.25) is 9.59 Å². The Kier molecular flexibility index (Phi) is 13.5. The van der Waals surface area contributed by atoms with Crippen LogP contribution in [-0.4, -0.2) is 58.3 Å². The molecule has 8 heteroatoms. The monoisotopic (exact) mass is 513 g/mol. The maximum absolute atomic E-state index is 12.5. The molecule has 2 amide bonds. The normalized spacial score (nSPS) is 15.7. The Labute approximate surface area is 221 Å². The predicted molar refractivity (Wildman–Crippen MR) is 146 cm³/mol. The zero-order valence-corrected chi connectivity index (χ0v) is 22.8. The van der Waals surface area contributed by atoms with E-state index in [2.05, 4.69) is 22.9 Å². The van der Waals surface area contributed by atoms with Crippen LogP contribution < -0.4 is 25.4 Å². The number of carbonyl (C=O) groups excluding carboxylic acids is 2. The molecule has 37 heavy (non-hydrogen) atoms. The van der Waals surface area contributed by atoms with Gasteiger partial charge in [0.25, 0.3) is 11.8 Å². The second kappa shape index (κ2) is 16.6. The molecule has 0 spiro atoms. The molecule has 1 fully saturated rings. The molecule has 2 aromatic carbocycles. The van der Waals surface area contributed by atoms with E-state index in [4.69, 9.17) is 14.2 Å². The summed E-state index contributed by atoms with van der Waals surface area (Å²) in [6.45, 7) is 9.50. The van der Waals surface area contributed by atoms with Gasteiger partial charge >= 0.3 is 0 Å². The number of benzene rings is 2. The lowest BCUT2D eigenvalue weighted by Crippen LogP contribution is -2.30. The van der Waals surface area contributed by atoms with Gasteiger partial charge in [-0.2, -0.15) is 0 Å². The highest BCUT2D eigenvalue weighted by atomic mass is 16.5. The summed E-state index contributed by atoms with van der Waals surface area (Å²) in [6.07, 6.45) is 2.62. The minimum absolute atomic E-state index is 0.00945. The number of piperidine rings is 1. The summed E-state index contributed by atoms with van der Waals surface area (Å²) in [5.74, 6) is 1.21. The molecular weight excluding hydrogens is 470 g/mol. The van der Waals surface area contributed by atoms with Gasteiger partial charge in [-0.05, 0) is 63.9 Å². The van der Waals surface area contributed by atoms with E-state index in [1.54, 1.807) is 32.4 Å². The Bertz CT molecular complexity index is 946. The molecule has 3 rings (SSSR count). The number of amides is 2. The summed E-state index contributed by atoms with van der Waals surface area (Å²) in [4.78, 5) is 24.9. The molecule has 3 N–H and O–H groups in total. The third-order valence-corrected chi connectivity index (χ3v) is 5.75. The van der Waals surface area contributed by atoms with Crippen LogP contribution in [0.2, 0.25) is 0 Å². The summed E-state index contributed by atoms with van der Waals surface area (Å²) in [6, 6.07) is 14.2. The van der Waals surface area contributed by atoms with E-state index in [1.807, 2.05) is 44.2 Å². The van der Waals surface area contributed by atoms with Gasteiger partial charge in [0.15, 0.2) is 11.5 Å². The summed E-state index contributed by atoms with van der Waals surface area (Å²) < 4.78 is 17.0. The number of carbonyl (C=O) groups is 2.